The third-order valence-electron chi connectivity index (χ3n) is 3.87. The van der Waals surface area contributed by atoms with E-state index in [1.165, 1.54) is 6.42 Å². The molecule has 112 valence electrons. The smallest absolute Gasteiger partial charge is 0.165 e. The van der Waals surface area contributed by atoms with Gasteiger partial charge in [-0.15, -0.1) is 0 Å². The van der Waals surface area contributed by atoms with Crippen LogP contribution in [0.1, 0.15) is 12.8 Å². The Morgan fingerprint density at radius 3 is 3.18 bits per heavy atom. The van der Waals surface area contributed by atoms with Crippen LogP contribution in [0.2, 0.25) is 0 Å². The van der Waals surface area contributed by atoms with Gasteiger partial charge < -0.3 is 10.6 Å². The van der Waals surface area contributed by atoms with Crippen LogP contribution in [-0.4, -0.2) is 43.7 Å². The number of hydrogen-bond acceptors (Lipinski definition) is 6. The number of nitrogens with zero attached hydrogens (tertiary/aromatic N) is 5. The highest BCUT2D eigenvalue weighted by Gasteiger charge is 2.14. The van der Waals surface area contributed by atoms with E-state index in [0.717, 1.165) is 36.4 Å². The van der Waals surface area contributed by atoms with E-state index in [1.54, 1.807) is 29.3 Å². The molecular formula is C15H17N7. The van der Waals surface area contributed by atoms with Crippen molar-refractivity contribution < 1.29 is 0 Å². The highest BCUT2D eigenvalue weighted by atomic mass is 15.2. The fourth-order valence-corrected chi connectivity index (χ4v) is 2.76. The lowest BCUT2D eigenvalue weighted by Crippen LogP contribution is -2.38. The number of fused-ring (bicyclic) bond motifs is 1. The zero-order chi connectivity index (χ0) is 14.8. The zero-order valence-electron chi connectivity index (χ0n) is 12.1. The monoisotopic (exact) mass is 295 g/mol. The Morgan fingerprint density at radius 2 is 2.27 bits per heavy atom. The van der Waals surface area contributed by atoms with Gasteiger partial charge in [0.25, 0.3) is 0 Å². The van der Waals surface area contributed by atoms with Gasteiger partial charge in [0.1, 0.15) is 5.82 Å². The first-order chi connectivity index (χ1) is 10.9. The average molecular weight is 295 g/mol. The van der Waals surface area contributed by atoms with Crippen LogP contribution >= 0.6 is 0 Å². The van der Waals surface area contributed by atoms with E-state index in [4.69, 9.17) is 0 Å². The van der Waals surface area contributed by atoms with Gasteiger partial charge in [0.2, 0.25) is 0 Å². The first-order valence-electron chi connectivity index (χ1n) is 7.48. The molecule has 0 aliphatic carbocycles. The molecule has 0 radical (unpaired) electrons. The molecule has 0 aromatic carbocycles. The predicted molar refractivity (Wildman–Crippen MR) is 83.5 cm³/mol. The van der Waals surface area contributed by atoms with Crippen LogP contribution in [0, 0.1) is 0 Å². The molecule has 1 aliphatic rings. The van der Waals surface area contributed by atoms with Crippen LogP contribution < -0.4 is 10.6 Å². The second kappa shape index (κ2) is 5.69. The van der Waals surface area contributed by atoms with E-state index in [2.05, 4.69) is 30.7 Å². The Kier molecular flexibility index (Phi) is 3.40. The molecule has 1 unspecified atom stereocenters. The van der Waals surface area contributed by atoms with Crippen molar-refractivity contribution in [2.45, 2.75) is 18.9 Å². The molecule has 1 saturated heterocycles. The van der Waals surface area contributed by atoms with E-state index >= 15 is 0 Å². The molecule has 0 spiro atoms. The van der Waals surface area contributed by atoms with E-state index in [-0.39, 0.29) is 0 Å². The summed E-state index contributed by atoms with van der Waals surface area (Å²) in [6.07, 6.45) is 11.2. The molecule has 1 atom stereocenters. The summed E-state index contributed by atoms with van der Waals surface area (Å²) < 4.78 is 1.77. The van der Waals surface area contributed by atoms with Crippen molar-refractivity contribution in [2.24, 2.45) is 0 Å². The standard InChI is InChI=1S/C15H17N7/c1-2-11(8-16-4-1)20-14-3-5-18-15(21-14)12-9-19-22-7-6-17-10-13(12)22/h3,5-7,9-11,16H,1-2,4,8H2,(H,18,20,21). The van der Waals surface area contributed by atoms with E-state index in [0.29, 0.717) is 11.9 Å². The van der Waals surface area contributed by atoms with E-state index in [1.807, 2.05) is 12.3 Å². The molecular weight excluding hydrogens is 278 g/mol. The van der Waals surface area contributed by atoms with Gasteiger partial charge in [0.15, 0.2) is 5.82 Å². The van der Waals surface area contributed by atoms with Gasteiger partial charge in [-0.3, -0.25) is 4.98 Å². The fraction of sp³-hybridized carbons (Fsp3) is 0.333. The summed E-state index contributed by atoms with van der Waals surface area (Å²) in [7, 11) is 0. The highest BCUT2D eigenvalue weighted by molar-refractivity contribution is 5.75. The topological polar surface area (TPSA) is 80.0 Å². The number of aromatic nitrogens is 5. The molecule has 3 aromatic heterocycles. The number of hydrogen-bond donors (Lipinski definition) is 2. The summed E-state index contributed by atoms with van der Waals surface area (Å²) in [6, 6.07) is 2.32. The van der Waals surface area contributed by atoms with Gasteiger partial charge in [-0.05, 0) is 25.5 Å². The Morgan fingerprint density at radius 1 is 1.27 bits per heavy atom. The van der Waals surface area contributed by atoms with Crippen molar-refractivity contribution in [1.82, 2.24) is 29.9 Å². The van der Waals surface area contributed by atoms with Crippen LogP contribution in [0.25, 0.3) is 16.9 Å². The Bertz CT molecular complexity index is 776. The van der Waals surface area contributed by atoms with Crippen LogP contribution in [0.4, 0.5) is 5.82 Å². The molecule has 7 heteroatoms. The Labute approximate surface area is 127 Å². The lowest BCUT2D eigenvalue weighted by molar-refractivity contribution is 0.479. The second-order valence-corrected chi connectivity index (χ2v) is 5.42. The van der Waals surface area contributed by atoms with Gasteiger partial charge in [0, 0.05) is 31.2 Å². The lowest BCUT2D eigenvalue weighted by atomic mass is 10.1. The Balaban J connectivity index is 1.63. The average Bonchev–Trinajstić information content (AvgIpc) is 3.00. The van der Waals surface area contributed by atoms with Crippen molar-refractivity contribution in [2.75, 3.05) is 18.4 Å². The maximum absolute atomic E-state index is 4.63. The maximum Gasteiger partial charge on any atom is 0.165 e. The largest absolute Gasteiger partial charge is 0.366 e. The SMILES string of the molecule is c1cn2ncc(-c3nccc(NC4CCCNC4)n3)c2cn1. The second-order valence-electron chi connectivity index (χ2n) is 5.42. The fourth-order valence-electron chi connectivity index (χ4n) is 2.76. The molecule has 0 saturated carbocycles. The van der Waals surface area contributed by atoms with Crippen LogP contribution in [0.15, 0.2) is 37.1 Å². The van der Waals surface area contributed by atoms with Crippen LogP contribution in [0.3, 0.4) is 0 Å². The quantitative estimate of drug-likeness (QED) is 0.759. The number of anilines is 1. The van der Waals surface area contributed by atoms with Crippen molar-refractivity contribution >= 4 is 11.3 Å². The number of nitrogens with one attached hydrogen (secondary N) is 2. The normalized spacial score (nSPS) is 18.5. The van der Waals surface area contributed by atoms with Crippen LogP contribution in [-0.2, 0) is 0 Å². The molecule has 2 N–H and O–H groups in total. The minimum absolute atomic E-state index is 0.419. The zero-order valence-corrected chi connectivity index (χ0v) is 12.1. The predicted octanol–water partition coefficient (Wildman–Crippen LogP) is 1.35. The minimum atomic E-state index is 0.419. The van der Waals surface area contributed by atoms with Gasteiger partial charge in [-0.2, -0.15) is 5.10 Å². The maximum atomic E-state index is 4.63. The van der Waals surface area contributed by atoms with Crippen molar-refractivity contribution in [3.63, 3.8) is 0 Å². The summed E-state index contributed by atoms with van der Waals surface area (Å²) in [4.78, 5) is 13.2. The summed E-state index contributed by atoms with van der Waals surface area (Å²) >= 11 is 0. The van der Waals surface area contributed by atoms with Gasteiger partial charge in [0.05, 0.1) is 23.5 Å². The number of piperidine rings is 1. The molecule has 4 rings (SSSR count). The summed E-state index contributed by atoms with van der Waals surface area (Å²) in [5, 5.41) is 11.2. The van der Waals surface area contributed by atoms with Gasteiger partial charge in [-0.25, -0.2) is 14.5 Å². The molecule has 0 bridgehead atoms. The summed E-state index contributed by atoms with van der Waals surface area (Å²) in [5.41, 5.74) is 1.79. The minimum Gasteiger partial charge on any atom is -0.366 e. The van der Waals surface area contributed by atoms with Crippen molar-refractivity contribution in [3.05, 3.63) is 37.1 Å². The third kappa shape index (κ3) is 2.50. The first kappa shape index (κ1) is 13.1. The van der Waals surface area contributed by atoms with Gasteiger partial charge in [-0.1, -0.05) is 0 Å². The third-order valence-corrected chi connectivity index (χ3v) is 3.87. The summed E-state index contributed by atoms with van der Waals surface area (Å²) in [5.74, 6) is 1.51. The number of rotatable bonds is 3. The molecule has 4 heterocycles. The molecule has 0 amide bonds. The molecule has 22 heavy (non-hydrogen) atoms. The highest BCUT2D eigenvalue weighted by Crippen LogP contribution is 2.21. The summed E-state index contributed by atoms with van der Waals surface area (Å²) in [6.45, 7) is 2.07. The van der Waals surface area contributed by atoms with Gasteiger partial charge >= 0.3 is 0 Å². The van der Waals surface area contributed by atoms with Crippen LogP contribution in [0.5, 0.6) is 0 Å². The lowest BCUT2D eigenvalue weighted by Gasteiger charge is -2.24. The first-order valence-corrected chi connectivity index (χ1v) is 7.48. The van der Waals surface area contributed by atoms with Crippen molar-refractivity contribution in [3.8, 4) is 11.4 Å². The molecule has 1 aliphatic heterocycles. The molecule has 3 aromatic rings. The molecule has 1 fully saturated rings. The van der Waals surface area contributed by atoms with Crippen molar-refractivity contribution in [1.29, 1.82) is 0 Å². The van der Waals surface area contributed by atoms with E-state index < -0.39 is 0 Å². The van der Waals surface area contributed by atoms with E-state index in [9.17, 15) is 0 Å². The molecule has 7 nitrogen and oxygen atoms in total. The Hall–Kier alpha value is -2.54.